The van der Waals surface area contributed by atoms with Crippen LogP contribution in [-0.4, -0.2) is 10.7 Å². The van der Waals surface area contributed by atoms with E-state index in [1.807, 2.05) is 13.8 Å². The monoisotopic (exact) mass is 113 g/mol. The fraction of sp³-hybridized carbons (Fsp3) is 0.714. The molecule has 1 heteroatoms. The lowest BCUT2D eigenvalue weighted by Gasteiger charge is -2.18. The maximum atomic E-state index is 9.26. The van der Waals surface area contributed by atoms with Gasteiger partial charge in [-0.1, -0.05) is 26.5 Å². The summed E-state index contributed by atoms with van der Waals surface area (Å²) in [6, 6.07) is 0. The molecule has 47 valence electrons. The summed E-state index contributed by atoms with van der Waals surface area (Å²) in [5.74, 6) is 0. The third-order valence-corrected chi connectivity index (χ3v) is 1.53. The highest BCUT2D eigenvalue weighted by Gasteiger charge is 2.15. The molecule has 0 bridgehead atoms. The van der Waals surface area contributed by atoms with Gasteiger partial charge in [0.05, 0.1) is 5.60 Å². The number of rotatable bonds is 3. The van der Waals surface area contributed by atoms with Gasteiger partial charge in [-0.3, -0.25) is 0 Å². The van der Waals surface area contributed by atoms with E-state index in [1.54, 1.807) is 0 Å². The van der Waals surface area contributed by atoms with Crippen LogP contribution in [0.4, 0.5) is 0 Å². The van der Waals surface area contributed by atoms with Crippen LogP contribution >= 0.6 is 0 Å². The molecule has 0 fully saturated rings. The second-order valence-corrected chi connectivity index (χ2v) is 1.98. The lowest BCUT2D eigenvalue weighted by atomic mass is 9.98. The first kappa shape index (κ1) is 7.70. The van der Waals surface area contributed by atoms with E-state index in [1.165, 1.54) is 6.08 Å². The second-order valence-electron chi connectivity index (χ2n) is 1.98. The molecule has 0 unspecified atom stereocenters. The first-order chi connectivity index (χ1) is 3.68. The summed E-state index contributed by atoms with van der Waals surface area (Å²) in [5.41, 5.74) is -0.722. The molecular weight excluding hydrogens is 100 g/mol. The van der Waals surface area contributed by atoms with Gasteiger partial charge in [0, 0.05) is 0 Å². The van der Waals surface area contributed by atoms with E-state index in [0.717, 1.165) is 0 Å². The topological polar surface area (TPSA) is 20.2 Å². The fourth-order valence-electron chi connectivity index (χ4n) is 0.486. The zero-order valence-electron chi connectivity index (χ0n) is 5.52. The van der Waals surface area contributed by atoms with Gasteiger partial charge in [-0.05, 0) is 12.8 Å². The summed E-state index contributed by atoms with van der Waals surface area (Å²) < 4.78 is 0. The average Bonchev–Trinajstić information content (AvgIpc) is 1.87. The van der Waals surface area contributed by atoms with Crippen molar-refractivity contribution in [2.24, 2.45) is 0 Å². The molecule has 8 heavy (non-hydrogen) atoms. The predicted octanol–water partition coefficient (Wildman–Crippen LogP) is 1.53. The minimum Gasteiger partial charge on any atom is -0.386 e. The third kappa shape index (κ3) is 1.66. The van der Waals surface area contributed by atoms with E-state index in [0.29, 0.717) is 12.8 Å². The van der Waals surface area contributed by atoms with Crippen LogP contribution in [0.1, 0.15) is 26.7 Å². The fourth-order valence-corrected chi connectivity index (χ4v) is 0.486. The van der Waals surface area contributed by atoms with Crippen molar-refractivity contribution in [1.82, 2.24) is 0 Å². The largest absolute Gasteiger partial charge is 0.386 e. The summed E-state index contributed by atoms with van der Waals surface area (Å²) in [4.78, 5) is 0. The molecule has 0 aliphatic heterocycles. The van der Waals surface area contributed by atoms with Crippen LogP contribution in [0.3, 0.4) is 0 Å². The standard InChI is InChI=1S/C7H13O/c1-4-7(8,5-2)6-3/h1,4,8H,5-6H2,2-3H3. The molecule has 0 atom stereocenters. The lowest BCUT2D eigenvalue weighted by molar-refractivity contribution is 0.0828. The molecule has 0 rings (SSSR count). The van der Waals surface area contributed by atoms with Gasteiger partial charge in [0.15, 0.2) is 0 Å². The van der Waals surface area contributed by atoms with Crippen LogP contribution in [-0.2, 0) is 0 Å². The van der Waals surface area contributed by atoms with Crippen LogP contribution < -0.4 is 0 Å². The van der Waals surface area contributed by atoms with E-state index in [-0.39, 0.29) is 0 Å². The van der Waals surface area contributed by atoms with Crippen molar-refractivity contribution in [3.05, 3.63) is 12.7 Å². The van der Waals surface area contributed by atoms with Gasteiger partial charge in [0.2, 0.25) is 0 Å². The van der Waals surface area contributed by atoms with Gasteiger partial charge in [-0.25, -0.2) is 0 Å². The summed E-state index contributed by atoms with van der Waals surface area (Å²) in [5, 5.41) is 9.26. The highest BCUT2D eigenvalue weighted by atomic mass is 16.3. The molecular formula is C7H13O. The Hall–Kier alpha value is -0.300. The molecule has 0 aromatic carbocycles. The first-order valence-corrected chi connectivity index (χ1v) is 2.97. The van der Waals surface area contributed by atoms with Gasteiger partial charge < -0.3 is 5.11 Å². The zero-order chi connectivity index (χ0) is 6.62. The first-order valence-electron chi connectivity index (χ1n) is 2.97. The van der Waals surface area contributed by atoms with Crippen molar-refractivity contribution in [3.63, 3.8) is 0 Å². The van der Waals surface area contributed by atoms with E-state index < -0.39 is 5.60 Å². The molecule has 0 amide bonds. The second kappa shape index (κ2) is 2.88. The Morgan fingerprint density at radius 1 is 1.50 bits per heavy atom. The smallest absolute Gasteiger partial charge is 0.0825 e. The van der Waals surface area contributed by atoms with Gasteiger partial charge in [-0.2, -0.15) is 0 Å². The summed E-state index contributed by atoms with van der Waals surface area (Å²) in [7, 11) is 0. The Bertz CT molecular complexity index is 72.5. The SMILES string of the molecule is [CH]=CC(O)(CC)CC. The number of hydrogen-bond donors (Lipinski definition) is 1. The summed E-state index contributed by atoms with van der Waals surface area (Å²) in [6.07, 6.45) is 2.74. The summed E-state index contributed by atoms with van der Waals surface area (Å²) >= 11 is 0. The zero-order valence-corrected chi connectivity index (χ0v) is 5.52. The normalized spacial score (nSPS) is 11.4. The molecule has 0 aromatic heterocycles. The minimum atomic E-state index is -0.722. The van der Waals surface area contributed by atoms with Crippen LogP contribution in [0.25, 0.3) is 0 Å². The maximum Gasteiger partial charge on any atom is 0.0825 e. The van der Waals surface area contributed by atoms with Gasteiger partial charge in [-0.15, -0.1) is 0 Å². The van der Waals surface area contributed by atoms with Crippen LogP contribution in [0.5, 0.6) is 0 Å². The molecule has 0 heterocycles. The molecule has 0 spiro atoms. The molecule has 1 radical (unpaired) electrons. The van der Waals surface area contributed by atoms with Gasteiger partial charge >= 0.3 is 0 Å². The van der Waals surface area contributed by atoms with E-state index >= 15 is 0 Å². The Kier molecular flexibility index (Phi) is 2.77. The Morgan fingerprint density at radius 3 is 1.88 bits per heavy atom. The van der Waals surface area contributed by atoms with Crippen LogP contribution in [0.15, 0.2) is 6.08 Å². The lowest BCUT2D eigenvalue weighted by Crippen LogP contribution is -2.22. The van der Waals surface area contributed by atoms with Crippen molar-refractivity contribution in [3.8, 4) is 0 Å². The van der Waals surface area contributed by atoms with Crippen LogP contribution in [0.2, 0.25) is 0 Å². The Balaban J connectivity index is 3.76. The van der Waals surface area contributed by atoms with Crippen LogP contribution in [0, 0.1) is 6.58 Å². The van der Waals surface area contributed by atoms with Crippen molar-refractivity contribution < 1.29 is 5.11 Å². The molecule has 0 aliphatic rings. The molecule has 1 N–H and O–H groups in total. The highest BCUT2D eigenvalue weighted by Crippen LogP contribution is 2.14. The maximum absolute atomic E-state index is 9.26. The number of hydrogen-bond acceptors (Lipinski definition) is 1. The van der Waals surface area contributed by atoms with Gasteiger partial charge in [0.25, 0.3) is 0 Å². The quantitative estimate of drug-likeness (QED) is 0.588. The van der Waals surface area contributed by atoms with E-state index in [2.05, 4.69) is 0 Å². The van der Waals surface area contributed by atoms with Crippen molar-refractivity contribution in [1.29, 1.82) is 0 Å². The Labute approximate surface area is 51.0 Å². The summed E-state index contributed by atoms with van der Waals surface area (Å²) in [6.45, 7) is 8.97. The van der Waals surface area contributed by atoms with Crippen molar-refractivity contribution in [2.45, 2.75) is 32.3 Å². The molecule has 0 saturated heterocycles. The molecule has 0 aromatic rings. The van der Waals surface area contributed by atoms with Crippen molar-refractivity contribution >= 4 is 0 Å². The molecule has 0 aliphatic carbocycles. The van der Waals surface area contributed by atoms with Gasteiger partial charge in [0.1, 0.15) is 0 Å². The highest BCUT2D eigenvalue weighted by molar-refractivity contribution is 4.91. The molecule has 0 saturated carbocycles. The van der Waals surface area contributed by atoms with E-state index in [4.69, 9.17) is 6.58 Å². The van der Waals surface area contributed by atoms with E-state index in [9.17, 15) is 5.11 Å². The Morgan fingerprint density at radius 2 is 1.88 bits per heavy atom. The average molecular weight is 113 g/mol. The number of aliphatic hydroxyl groups is 1. The third-order valence-electron chi connectivity index (χ3n) is 1.53. The predicted molar refractivity (Wildman–Crippen MR) is 34.4 cm³/mol. The minimum absolute atomic E-state index is 0.694. The van der Waals surface area contributed by atoms with Crippen molar-refractivity contribution in [2.75, 3.05) is 0 Å². The molecule has 1 nitrogen and oxygen atoms in total.